The van der Waals surface area contributed by atoms with Gasteiger partial charge in [0, 0.05) is 31.7 Å². The lowest BCUT2D eigenvalue weighted by molar-refractivity contribution is 0.0377. The van der Waals surface area contributed by atoms with Crippen molar-refractivity contribution in [3.63, 3.8) is 0 Å². The number of hydrogen-bond donors (Lipinski definition) is 1. The molecule has 1 N–H and O–H groups in total. The Bertz CT molecular complexity index is 185. The molecule has 2 heteroatoms. The highest BCUT2D eigenvalue weighted by atomic mass is 15.2. The molecule has 1 saturated heterocycles. The van der Waals surface area contributed by atoms with E-state index in [2.05, 4.69) is 31.0 Å². The number of piperazine rings is 1. The van der Waals surface area contributed by atoms with E-state index in [-0.39, 0.29) is 0 Å². The number of nitrogens with zero attached hydrogens (tertiary/aromatic N) is 1. The van der Waals surface area contributed by atoms with Crippen LogP contribution in [0.2, 0.25) is 0 Å². The minimum absolute atomic E-state index is 0.696. The summed E-state index contributed by atoms with van der Waals surface area (Å²) >= 11 is 0. The van der Waals surface area contributed by atoms with Gasteiger partial charge in [-0.05, 0) is 31.6 Å². The van der Waals surface area contributed by atoms with Crippen LogP contribution in [0.5, 0.6) is 0 Å². The van der Waals surface area contributed by atoms with E-state index in [4.69, 9.17) is 0 Å². The van der Waals surface area contributed by atoms with Crippen LogP contribution < -0.4 is 5.32 Å². The standard InChI is InChI=1S/C12H24N2/c1-9(2)11-6-12(7-11)14-5-4-13-10(3)8-14/h9-13H,4-8H2,1-3H3. The molecule has 0 aromatic carbocycles. The van der Waals surface area contributed by atoms with Gasteiger partial charge in [-0.2, -0.15) is 0 Å². The summed E-state index contributed by atoms with van der Waals surface area (Å²) in [7, 11) is 0. The van der Waals surface area contributed by atoms with Gasteiger partial charge in [-0.3, -0.25) is 4.90 Å². The summed E-state index contributed by atoms with van der Waals surface area (Å²) in [5, 5.41) is 3.51. The molecule has 0 amide bonds. The Morgan fingerprint density at radius 1 is 1.29 bits per heavy atom. The first-order valence-corrected chi connectivity index (χ1v) is 6.14. The number of hydrogen-bond acceptors (Lipinski definition) is 2. The Labute approximate surface area is 88.1 Å². The fraction of sp³-hybridized carbons (Fsp3) is 1.00. The first kappa shape index (κ1) is 10.4. The highest BCUT2D eigenvalue weighted by molar-refractivity contribution is 4.91. The van der Waals surface area contributed by atoms with Crippen molar-refractivity contribution in [2.45, 2.75) is 45.7 Å². The molecule has 1 unspecified atom stereocenters. The number of rotatable bonds is 2. The maximum atomic E-state index is 3.51. The van der Waals surface area contributed by atoms with E-state index in [1.54, 1.807) is 0 Å². The Kier molecular flexibility index (Phi) is 3.13. The summed E-state index contributed by atoms with van der Waals surface area (Å²) in [6.45, 7) is 10.7. The van der Waals surface area contributed by atoms with Crippen LogP contribution >= 0.6 is 0 Å². The minimum atomic E-state index is 0.696. The van der Waals surface area contributed by atoms with Gasteiger partial charge >= 0.3 is 0 Å². The molecule has 0 aromatic heterocycles. The van der Waals surface area contributed by atoms with Gasteiger partial charge in [0.05, 0.1) is 0 Å². The maximum Gasteiger partial charge on any atom is 0.0167 e. The number of nitrogens with one attached hydrogen (secondary N) is 1. The molecule has 0 aromatic rings. The molecule has 2 fully saturated rings. The molecule has 1 saturated carbocycles. The van der Waals surface area contributed by atoms with Crippen LogP contribution in [0.15, 0.2) is 0 Å². The van der Waals surface area contributed by atoms with E-state index in [9.17, 15) is 0 Å². The van der Waals surface area contributed by atoms with Crippen LogP contribution in [0.1, 0.15) is 33.6 Å². The quantitative estimate of drug-likeness (QED) is 0.723. The maximum absolute atomic E-state index is 3.51. The summed E-state index contributed by atoms with van der Waals surface area (Å²) in [5.41, 5.74) is 0. The van der Waals surface area contributed by atoms with Gasteiger partial charge in [0.1, 0.15) is 0 Å². The second-order valence-electron chi connectivity index (χ2n) is 5.48. The van der Waals surface area contributed by atoms with E-state index in [1.165, 1.54) is 32.5 Å². The van der Waals surface area contributed by atoms with Crippen molar-refractivity contribution >= 4 is 0 Å². The van der Waals surface area contributed by atoms with Gasteiger partial charge in [-0.25, -0.2) is 0 Å². The molecule has 2 nitrogen and oxygen atoms in total. The van der Waals surface area contributed by atoms with Crippen LogP contribution in [-0.2, 0) is 0 Å². The third kappa shape index (κ3) is 2.12. The minimum Gasteiger partial charge on any atom is -0.312 e. The van der Waals surface area contributed by atoms with E-state index in [0.29, 0.717) is 6.04 Å². The molecule has 82 valence electrons. The summed E-state index contributed by atoms with van der Waals surface area (Å²) < 4.78 is 0. The van der Waals surface area contributed by atoms with Crippen molar-refractivity contribution in [3.05, 3.63) is 0 Å². The smallest absolute Gasteiger partial charge is 0.0167 e. The first-order chi connectivity index (χ1) is 6.66. The lowest BCUT2D eigenvalue weighted by Gasteiger charge is -2.47. The molecular weight excluding hydrogens is 172 g/mol. The predicted octanol–water partition coefficient (Wildman–Crippen LogP) is 1.71. The molecule has 14 heavy (non-hydrogen) atoms. The van der Waals surface area contributed by atoms with Crippen molar-refractivity contribution in [1.82, 2.24) is 10.2 Å². The molecule has 2 rings (SSSR count). The predicted molar refractivity (Wildman–Crippen MR) is 60.4 cm³/mol. The van der Waals surface area contributed by atoms with E-state index in [1.807, 2.05) is 0 Å². The van der Waals surface area contributed by atoms with Crippen LogP contribution in [0.4, 0.5) is 0 Å². The largest absolute Gasteiger partial charge is 0.312 e. The lowest BCUT2D eigenvalue weighted by Crippen LogP contribution is -2.56. The van der Waals surface area contributed by atoms with E-state index >= 15 is 0 Å². The first-order valence-electron chi connectivity index (χ1n) is 6.14. The van der Waals surface area contributed by atoms with Crippen LogP contribution in [0.3, 0.4) is 0 Å². The molecule has 0 spiro atoms. The SMILES string of the molecule is CC1CN(C2CC(C(C)C)C2)CCN1. The fourth-order valence-electron chi connectivity index (χ4n) is 2.77. The Hall–Kier alpha value is -0.0800. The van der Waals surface area contributed by atoms with Crippen LogP contribution in [0, 0.1) is 11.8 Å². The van der Waals surface area contributed by atoms with E-state index in [0.717, 1.165) is 17.9 Å². The monoisotopic (exact) mass is 196 g/mol. The van der Waals surface area contributed by atoms with Gasteiger partial charge in [-0.15, -0.1) is 0 Å². The molecule has 1 heterocycles. The Balaban J connectivity index is 1.76. The summed E-state index contributed by atoms with van der Waals surface area (Å²) in [4.78, 5) is 2.69. The van der Waals surface area contributed by atoms with E-state index < -0.39 is 0 Å². The fourth-order valence-corrected chi connectivity index (χ4v) is 2.77. The van der Waals surface area contributed by atoms with Gasteiger partial charge < -0.3 is 5.32 Å². The summed E-state index contributed by atoms with van der Waals surface area (Å²) in [6, 6.07) is 1.61. The van der Waals surface area contributed by atoms with Gasteiger partial charge in [0.15, 0.2) is 0 Å². The van der Waals surface area contributed by atoms with Crippen LogP contribution in [-0.4, -0.2) is 36.6 Å². The second kappa shape index (κ2) is 4.19. The normalized spacial score (nSPS) is 39.9. The van der Waals surface area contributed by atoms with Crippen molar-refractivity contribution in [2.24, 2.45) is 11.8 Å². The van der Waals surface area contributed by atoms with Crippen molar-refractivity contribution in [1.29, 1.82) is 0 Å². The third-order valence-electron chi connectivity index (χ3n) is 4.01. The molecule has 0 bridgehead atoms. The van der Waals surface area contributed by atoms with Gasteiger partial charge in [0.2, 0.25) is 0 Å². The summed E-state index contributed by atoms with van der Waals surface area (Å²) in [6.07, 6.45) is 2.90. The summed E-state index contributed by atoms with van der Waals surface area (Å²) in [5.74, 6) is 1.90. The van der Waals surface area contributed by atoms with Crippen molar-refractivity contribution < 1.29 is 0 Å². The zero-order chi connectivity index (χ0) is 10.1. The molecule has 1 aliphatic carbocycles. The molecule has 2 aliphatic rings. The molecule has 1 atom stereocenters. The highest BCUT2D eigenvalue weighted by Crippen LogP contribution is 2.37. The third-order valence-corrected chi connectivity index (χ3v) is 4.01. The average molecular weight is 196 g/mol. The Morgan fingerprint density at radius 2 is 2.00 bits per heavy atom. The average Bonchev–Trinajstić information content (AvgIpc) is 2.00. The topological polar surface area (TPSA) is 15.3 Å². The Morgan fingerprint density at radius 3 is 2.57 bits per heavy atom. The zero-order valence-corrected chi connectivity index (χ0v) is 9.79. The van der Waals surface area contributed by atoms with Crippen LogP contribution in [0.25, 0.3) is 0 Å². The highest BCUT2D eigenvalue weighted by Gasteiger charge is 2.36. The molecule has 1 aliphatic heterocycles. The van der Waals surface area contributed by atoms with Gasteiger partial charge in [0.25, 0.3) is 0 Å². The van der Waals surface area contributed by atoms with Crippen molar-refractivity contribution in [2.75, 3.05) is 19.6 Å². The molecular formula is C12H24N2. The lowest BCUT2D eigenvalue weighted by atomic mass is 9.73. The zero-order valence-electron chi connectivity index (χ0n) is 9.79. The van der Waals surface area contributed by atoms with Crippen molar-refractivity contribution in [3.8, 4) is 0 Å². The van der Waals surface area contributed by atoms with Gasteiger partial charge in [-0.1, -0.05) is 13.8 Å². The second-order valence-corrected chi connectivity index (χ2v) is 5.48. The molecule has 0 radical (unpaired) electrons.